The molecule has 3 rings (SSSR count). The fraction of sp³-hybridized carbons (Fsp3) is 0.294. The van der Waals surface area contributed by atoms with Gasteiger partial charge in [-0.05, 0) is 36.9 Å². The van der Waals surface area contributed by atoms with Crippen LogP contribution in [0.15, 0.2) is 42.5 Å². The zero-order valence-electron chi connectivity index (χ0n) is 12.3. The van der Waals surface area contributed by atoms with E-state index >= 15 is 0 Å². The van der Waals surface area contributed by atoms with Gasteiger partial charge >= 0.3 is 0 Å². The van der Waals surface area contributed by atoms with Crippen molar-refractivity contribution in [3.63, 3.8) is 0 Å². The lowest BCUT2D eigenvalue weighted by atomic mass is 10.1. The number of rotatable bonds is 5. The number of nitrogens with one attached hydrogen (secondary N) is 1. The maximum absolute atomic E-state index is 5.82. The summed E-state index contributed by atoms with van der Waals surface area (Å²) in [5, 5.41) is 3.23. The van der Waals surface area contributed by atoms with E-state index < -0.39 is 0 Å². The highest BCUT2D eigenvalue weighted by atomic mass is 16.5. The highest BCUT2D eigenvalue weighted by molar-refractivity contribution is 5.45. The van der Waals surface area contributed by atoms with Gasteiger partial charge in [-0.25, -0.2) is 0 Å². The predicted molar refractivity (Wildman–Crippen MR) is 81.1 cm³/mol. The van der Waals surface area contributed by atoms with Crippen LogP contribution in [0.3, 0.4) is 0 Å². The van der Waals surface area contributed by atoms with E-state index in [9.17, 15) is 0 Å². The van der Waals surface area contributed by atoms with Crippen molar-refractivity contribution >= 4 is 0 Å². The molecule has 0 bridgehead atoms. The summed E-state index contributed by atoms with van der Waals surface area (Å²) in [4.78, 5) is 0. The smallest absolute Gasteiger partial charge is 0.127 e. The van der Waals surface area contributed by atoms with Crippen molar-refractivity contribution in [3.8, 4) is 17.2 Å². The third kappa shape index (κ3) is 2.95. The van der Waals surface area contributed by atoms with Gasteiger partial charge in [0.1, 0.15) is 30.5 Å². The maximum Gasteiger partial charge on any atom is 0.127 e. The molecule has 2 aromatic carbocycles. The Morgan fingerprint density at radius 1 is 1.14 bits per heavy atom. The predicted octanol–water partition coefficient (Wildman–Crippen LogP) is 2.93. The molecular weight excluding hydrogens is 266 g/mol. The molecule has 0 fully saturated rings. The molecular formula is C17H19NO3. The number of methoxy groups -OCH3 is 1. The zero-order chi connectivity index (χ0) is 14.7. The molecule has 1 heterocycles. The van der Waals surface area contributed by atoms with E-state index in [0.717, 1.165) is 22.8 Å². The summed E-state index contributed by atoms with van der Waals surface area (Å²) in [5.74, 6) is 2.57. The molecule has 0 saturated heterocycles. The molecule has 4 heteroatoms. The Morgan fingerprint density at radius 3 is 2.62 bits per heavy atom. The first-order valence-electron chi connectivity index (χ1n) is 7.00. The lowest BCUT2D eigenvalue weighted by Gasteiger charge is -2.09. The number of likely N-dealkylation sites (N-methyl/N-ethyl adjacent to an activating group) is 1. The molecule has 1 atom stereocenters. The second-order valence-electron chi connectivity index (χ2n) is 4.99. The van der Waals surface area contributed by atoms with Gasteiger partial charge in [0, 0.05) is 11.6 Å². The minimum absolute atomic E-state index is 0.274. The minimum atomic E-state index is 0.274. The molecule has 2 aromatic rings. The molecule has 1 aliphatic heterocycles. The van der Waals surface area contributed by atoms with Crippen molar-refractivity contribution in [1.82, 2.24) is 5.32 Å². The molecule has 0 spiro atoms. The first-order valence-corrected chi connectivity index (χ1v) is 7.00. The summed E-state index contributed by atoms with van der Waals surface area (Å²) < 4.78 is 16.6. The number of fused-ring (bicyclic) bond motifs is 1. The molecule has 0 aliphatic carbocycles. The van der Waals surface area contributed by atoms with Gasteiger partial charge in [0.15, 0.2) is 0 Å². The van der Waals surface area contributed by atoms with Gasteiger partial charge in [-0.2, -0.15) is 0 Å². The highest BCUT2D eigenvalue weighted by Crippen LogP contribution is 2.35. The SMILES string of the molecule is CNC1COc2cc(OCc3ccc(OC)cc3)ccc21. The monoisotopic (exact) mass is 285 g/mol. The van der Waals surface area contributed by atoms with Gasteiger partial charge in [0.2, 0.25) is 0 Å². The second kappa shape index (κ2) is 6.06. The van der Waals surface area contributed by atoms with Crippen LogP contribution in [0.1, 0.15) is 17.2 Å². The van der Waals surface area contributed by atoms with Crippen molar-refractivity contribution in [2.75, 3.05) is 20.8 Å². The second-order valence-corrected chi connectivity index (χ2v) is 4.99. The standard InChI is InChI=1S/C17H19NO3/c1-18-16-11-21-17-9-14(7-8-15(16)17)20-10-12-3-5-13(19-2)6-4-12/h3-9,16,18H,10-11H2,1-2H3. The van der Waals surface area contributed by atoms with Gasteiger partial charge in [0.25, 0.3) is 0 Å². The molecule has 110 valence electrons. The number of ether oxygens (including phenoxy) is 3. The van der Waals surface area contributed by atoms with Crippen LogP contribution in [0.5, 0.6) is 17.2 Å². The molecule has 1 aliphatic rings. The van der Waals surface area contributed by atoms with Crippen LogP contribution in [0, 0.1) is 0 Å². The average molecular weight is 285 g/mol. The summed E-state index contributed by atoms with van der Waals surface area (Å²) in [7, 11) is 3.60. The Morgan fingerprint density at radius 2 is 1.90 bits per heavy atom. The van der Waals surface area contributed by atoms with Gasteiger partial charge in [0.05, 0.1) is 13.2 Å². The molecule has 0 radical (unpaired) electrons. The lowest BCUT2D eigenvalue weighted by Crippen LogP contribution is -2.17. The van der Waals surface area contributed by atoms with Gasteiger partial charge in [-0.3, -0.25) is 0 Å². The summed E-state index contributed by atoms with van der Waals surface area (Å²) >= 11 is 0. The maximum atomic E-state index is 5.82. The summed E-state index contributed by atoms with van der Waals surface area (Å²) in [6.45, 7) is 1.20. The van der Waals surface area contributed by atoms with Gasteiger partial charge in [-0.1, -0.05) is 12.1 Å². The largest absolute Gasteiger partial charge is 0.497 e. The van der Waals surface area contributed by atoms with Crippen LogP contribution in [0.25, 0.3) is 0 Å². The number of hydrogen-bond donors (Lipinski definition) is 1. The highest BCUT2D eigenvalue weighted by Gasteiger charge is 2.22. The van der Waals surface area contributed by atoms with Crippen LogP contribution in [0.4, 0.5) is 0 Å². The average Bonchev–Trinajstić information content (AvgIpc) is 2.95. The molecule has 0 saturated carbocycles. The first kappa shape index (κ1) is 13.8. The molecule has 4 nitrogen and oxygen atoms in total. The van der Waals surface area contributed by atoms with E-state index in [4.69, 9.17) is 14.2 Å². The molecule has 21 heavy (non-hydrogen) atoms. The normalized spacial score (nSPS) is 16.2. The quantitative estimate of drug-likeness (QED) is 0.917. The van der Waals surface area contributed by atoms with Crippen LogP contribution in [-0.2, 0) is 6.61 Å². The number of hydrogen-bond acceptors (Lipinski definition) is 4. The lowest BCUT2D eigenvalue weighted by molar-refractivity contribution is 0.298. The van der Waals surface area contributed by atoms with E-state index in [-0.39, 0.29) is 6.04 Å². The van der Waals surface area contributed by atoms with Crippen LogP contribution in [0.2, 0.25) is 0 Å². The zero-order valence-corrected chi connectivity index (χ0v) is 12.3. The molecule has 1 N–H and O–H groups in total. The van der Waals surface area contributed by atoms with Gasteiger partial charge < -0.3 is 19.5 Å². The van der Waals surface area contributed by atoms with Gasteiger partial charge in [-0.15, -0.1) is 0 Å². The van der Waals surface area contributed by atoms with Crippen LogP contribution < -0.4 is 19.5 Å². The number of benzene rings is 2. The first-order chi connectivity index (χ1) is 10.3. The summed E-state index contributed by atoms with van der Waals surface area (Å²) in [5.41, 5.74) is 2.29. The Balaban J connectivity index is 1.65. The Hall–Kier alpha value is -2.20. The summed E-state index contributed by atoms with van der Waals surface area (Å²) in [6.07, 6.45) is 0. The Bertz CT molecular complexity index is 610. The van der Waals surface area contributed by atoms with E-state index in [2.05, 4.69) is 11.4 Å². The molecule has 0 amide bonds. The molecule has 0 aromatic heterocycles. The fourth-order valence-electron chi connectivity index (χ4n) is 2.41. The van der Waals surface area contributed by atoms with E-state index in [1.54, 1.807) is 7.11 Å². The van der Waals surface area contributed by atoms with E-state index in [0.29, 0.717) is 13.2 Å². The topological polar surface area (TPSA) is 39.7 Å². The van der Waals surface area contributed by atoms with Crippen molar-refractivity contribution in [1.29, 1.82) is 0 Å². The van der Waals surface area contributed by atoms with Crippen LogP contribution >= 0.6 is 0 Å². The van der Waals surface area contributed by atoms with Crippen molar-refractivity contribution in [3.05, 3.63) is 53.6 Å². The van der Waals surface area contributed by atoms with Crippen LogP contribution in [-0.4, -0.2) is 20.8 Å². The van der Waals surface area contributed by atoms with Crippen molar-refractivity contribution in [2.24, 2.45) is 0 Å². The molecule has 1 unspecified atom stereocenters. The van der Waals surface area contributed by atoms with Crippen molar-refractivity contribution < 1.29 is 14.2 Å². The Kier molecular flexibility index (Phi) is 3.97. The fourth-order valence-corrected chi connectivity index (χ4v) is 2.41. The van der Waals surface area contributed by atoms with E-state index in [1.807, 2.05) is 43.4 Å². The third-order valence-electron chi connectivity index (χ3n) is 3.68. The van der Waals surface area contributed by atoms with E-state index in [1.165, 1.54) is 5.56 Å². The van der Waals surface area contributed by atoms with Crippen molar-refractivity contribution in [2.45, 2.75) is 12.6 Å². The summed E-state index contributed by atoms with van der Waals surface area (Å²) in [6, 6.07) is 14.1. The minimum Gasteiger partial charge on any atom is -0.497 e. The third-order valence-corrected chi connectivity index (χ3v) is 3.68. The Labute approximate surface area is 124 Å².